The second-order valence-electron chi connectivity index (χ2n) is 4.92. The summed E-state index contributed by atoms with van der Waals surface area (Å²) in [5.41, 5.74) is 1.91. The van der Waals surface area contributed by atoms with Gasteiger partial charge in [-0.1, -0.05) is 13.0 Å². The smallest absolute Gasteiger partial charge is 0.126 e. The maximum atomic E-state index is 10.0. The van der Waals surface area contributed by atoms with Crippen molar-refractivity contribution >= 4 is 5.69 Å². The van der Waals surface area contributed by atoms with E-state index in [-0.39, 0.29) is 6.10 Å². The largest absolute Gasteiger partial charge is 0.496 e. The van der Waals surface area contributed by atoms with Crippen LogP contribution >= 0.6 is 0 Å². The van der Waals surface area contributed by atoms with Crippen molar-refractivity contribution in [1.29, 1.82) is 0 Å². The fraction of sp³-hybridized carbons (Fsp3) is 0.600. The number of methoxy groups -OCH3 is 1. The monoisotopic (exact) mass is 265 g/mol. The third-order valence-corrected chi connectivity index (χ3v) is 3.62. The van der Waals surface area contributed by atoms with Gasteiger partial charge in [0, 0.05) is 24.3 Å². The molecule has 1 aromatic rings. The summed E-state index contributed by atoms with van der Waals surface area (Å²) < 4.78 is 11.1. The molecule has 2 rings (SSSR count). The van der Waals surface area contributed by atoms with Crippen molar-refractivity contribution in [2.45, 2.75) is 32.5 Å². The minimum atomic E-state index is -0.547. The van der Waals surface area contributed by atoms with Crippen LogP contribution in [0.2, 0.25) is 0 Å². The van der Waals surface area contributed by atoms with Crippen LogP contribution in [-0.2, 0) is 4.74 Å². The van der Waals surface area contributed by atoms with E-state index in [1.807, 2.05) is 18.2 Å². The Morgan fingerprint density at radius 3 is 2.95 bits per heavy atom. The number of rotatable bonds is 4. The highest BCUT2D eigenvalue weighted by Crippen LogP contribution is 2.35. The van der Waals surface area contributed by atoms with Gasteiger partial charge in [0.1, 0.15) is 5.75 Å². The molecule has 0 aliphatic carbocycles. The Kier molecular flexibility index (Phi) is 4.66. The fourth-order valence-corrected chi connectivity index (χ4v) is 2.59. The van der Waals surface area contributed by atoms with E-state index in [1.54, 1.807) is 14.0 Å². The van der Waals surface area contributed by atoms with Crippen molar-refractivity contribution in [3.63, 3.8) is 0 Å². The average Bonchev–Trinajstić information content (AvgIpc) is 2.46. The summed E-state index contributed by atoms with van der Waals surface area (Å²) in [6.45, 7) is 6.36. The topological polar surface area (TPSA) is 41.9 Å². The minimum absolute atomic E-state index is 0.266. The molecule has 1 aromatic carbocycles. The van der Waals surface area contributed by atoms with E-state index < -0.39 is 6.10 Å². The Morgan fingerprint density at radius 2 is 2.32 bits per heavy atom. The lowest BCUT2D eigenvalue weighted by atomic mass is 10.0. The van der Waals surface area contributed by atoms with Crippen LogP contribution in [0.5, 0.6) is 5.75 Å². The lowest BCUT2D eigenvalue weighted by Crippen LogP contribution is -2.42. The van der Waals surface area contributed by atoms with E-state index in [9.17, 15) is 5.11 Å². The van der Waals surface area contributed by atoms with Gasteiger partial charge >= 0.3 is 0 Å². The number of hydrogen-bond acceptors (Lipinski definition) is 4. The van der Waals surface area contributed by atoms with Gasteiger partial charge in [-0.3, -0.25) is 0 Å². The number of aliphatic hydroxyl groups excluding tert-OH is 1. The predicted octanol–water partition coefficient (Wildman–Crippen LogP) is 2.36. The lowest BCUT2D eigenvalue weighted by molar-refractivity contribution is 0.0382. The summed E-state index contributed by atoms with van der Waals surface area (Å²) in [7, 11) is 1.64. The van der Waals surface area contributed by atoms with Crippen molar-refractivity contribution in [3.8, 4) is 5.75 Å². The second-order valence-corrected chi connectivity index (χ2v) is 4.92. The number of ether oxygens (including phenoxy) is 2. The first-order chi connectivity index (χ1) is 9.17. The number of aliphatic hydroxyl groups is 1. The van der Waals surface area contributed by atoms with Crippen LogP contribution in [-0.4, -0.2) is 38.0 Å². The molecule has 2 unspecified atom stereocenters. The zero-order valence-corrected chi connectivity index (χ0v) is 11.9. The molecular formula is C15H23NO3. The molecule has 1 aliphatic rings. The molecule has 1 fully saturated rings. The number of hydrogen-bond donors (Lipinski definition) is 1. The number of morpholine rings is 1. The summed E-state index contributed by atoms with van der Waals surface area (Å²) in [5.74, 6) is 0.743. The molecule has 0 aromatic heterocycles. The molecule has 4 heteroatoms. The molecule has 1 heterocycles. The van der Waals surface area contributed by atoms with E-state index in [4.69, 9.17) is 9.47 Å². The maximum Gasteiger partial charge on any atom is 0.126 e. The summed E-state index contributed by atoms with van der Waals surface area (Å²) in [5, 5.41) is 10.0. The number of nitrogens with zero attached hydrogens (tertiary/aromatic N) is 1. The normalized spacial score (nSPS) is 21.3. The maximum absolute atomic E-state index is 10.0. The van der Waals surface area contributed by atoms with Gasteiger partial charge in [-0.25, -0.2) is 0 Å². The van der Waals surface area contributed by atoms with Gasteiger partial charge in [-0.2, -0.15) is 0 Å². The van der Waals surface area contributed by atoms with E-state index in [0.717, 1.165) is 43.1 Å². The fourth-order valence-electron chi connectivity index (χ4n) is 2.59. The van der Waals surface area contributed by atoms with Gasteiger partial charge in [0.25, 0.3) is 0 Å². The molecular weight excluding hydrogens is 242 g/mol. The Hall–Kier alpha value is -1.26. The SMILES string of the molecule is CCC1CN(c2cccc(OC)c2C(C)O)CCO1. The van der Waals surface area contributed by atoms with E-state index in [0.29, 0.717) is 0 Å². The molecule has 1 saturated heterocycles. The third-order valence-electron chi connectivity index (χ3n) is 3.62. The first-order valence-electron chi connectivity index (χ1n) is 6.88. The van der Waals surface area contributed by atoms with Crippen LogP contribution in [0.15, 0.2) is 18.2 Å². The first kappa shape index (κ1) is 14.2. The van der Waals surface area contributed by atoms with Crippen molar-refractivity contribution in [2.24, 2.45) is 0 Å². The molecule has 0 saturated carbocycles. The summed E-state index contributed by atoms with van der Waals surface area (Å²) in [4.78, 5) is 2.28. The highest BCUT2D eigenvalue weighted by molar-refractivity contribution is 5.60. The third kappa shape index (κ3) is 3.01. The zero-order chi connectivity index (χ0) is 13.8. The van der Waals surface area contributed by atoms with Gasteiger partial charge in [-0.15, -0.1) is 0 Å². The van der Waals surface area contributed by atoms with Crippen LogP contribution in [0, 0.1) is 0 Å². The predicted molar refractivity (Wildman–Crippen MR) is 75.9 cm³/mol. The van der Waals surface area contributed by atoms with Crippen LogP contribution in [0.25, 0.3) is 0 Å². The highest BCUT2D eigenvalue weighted by atomic mass is 16.5. The van der Waals surface area contributed by atoms with Gasteiger partial charge in [0.2, 0.25) is 0 Å². The standard InChI is InChI=1S/C15H23NO3/c1-4-12-10-16(8-9-19-12)13-6-5-7-14(18-3)15(13)11(2)17/h5-7,11-12,17H,4,8-10H2,1-3H3. The number of benzene rings is 1. The molecule has 4 nitrogen and oxygen atoms in total. The summed E-state index contributed by atoms with van der Waals surface area (Å²) in [6, 6.07) is 5.91. The van der Waals surface area contributed by atoms with Crippen LogP contribution in [0.4, 0.5) is 5.69 Å². The van der Waals surface area contributed by atoms with Crippen molar-refractivity contribution < 1.29 is 14.6 Å². The molecule has 0 spiro atoms. The zero-order valence-electron chi connectivity index (χ0n) is 11.9. The van der Waals surface area contributed by atoms with E-state index in [2.05, 4.69) is 11.8 Å². The average molecular weight is 265 g/mol. The Balaban J connectivity index is 2.33. The van der Waals surface area contributed by atoms with Crippen molar-refractivity contribution in [1.82, 2.24) is 0 Å². The molecule has 106 valence electrons. The van der Waals surface area contributed by atoms with Crippen molar-refractivity contribution in [2.75, 3.05) is 31.7 Å². The second kappa shape index (κ2) is 6.26. The van der Waals surface area contributed by atoms with Crippen LogP contribution in [0.3, 0.4) is 0 Å². The minimum Gasteiger partial charge on any atom is -0.496 e. The number of anilines is 1. The highest BCUT2D eigenvalue weighted by Gasteiger charge is 2.24. The van der Waals surface area contributed by atoms with Gasteiger partial charge in [-0.05, 0) is 25.5 Å². The Bertz CT molecular complexity index is 420. The van der Waals surface area contributed by atoms with Gasteiger partial charge < -0.3 is 19.5 Å². The van der Waals surface area contributed by atoms with Crippen LogP contribution < -0.4 is 9.64 Å². The molecule has 0 amide bonds. The molecule has 2 atom stereocenters. The van der Waals surface area contributed by atoms with Crippen LogP contribution in [0.1, 0.15) is 31.9 Å². The molecule has 0 radical (unpaired) electrons. The van der Waals surface area contributed by atoms with E-state index >= 15 is 0 Å². The van der Waals surface area contributed by atoms with Gasteiger partial charge in [0.15, 0.2) is 0 Å². The lowest BCUT2D eigenvalue weighted by Gasteiger charge is -2.36. The molecule has 19 heavy (non-hydrogen) atoms. The Labute approximate surface area is 114 Å². The molecule has 0 bridgehead atoms. The first-order valence-corrected chi connectivity index (χ1v) is 6.88. The Morgan fingerprint density at radius 1 is 1.53 bits per heavy atom. The molecule has 1 aliphatic heterocycles. The quantitative estimate of drug-likeness (QED) is 0.907. The van der Waals surface area contributed by atoms with Gasteiger partial charge in [0.05, 0.1) is 25.9 Å². The van der Waals surface area contributed by atoms with E-state index in [1.165, 1.54) is 0 Å². The molecule has 1 N–H and O–H groups in total. The summed E-state index contributed by atoms with van der Waals surface area (Å²) >= 11 is 0. The summed E-state index contributed by atoms with van der Waals surface area (Å²) in [6.07, 6.45) is 0.723. The van der Waals surface area contributed by atoms with Crippen molar-refractivity contribution in [3.05, 3.63) is 23.8 Å².